The minimum absolute atomic E-state index is 0.0120. The third kappa shape index (κ3) is 3.36. The number of hydrogen-bond donors (Lipinski definition) is 1. The van der Waals surface area contributed by atoms with Gasteiger partial charge in [-0.15, -0.1) is 0 Å². The first-order valence-electron chi connectivity index (χ1n) is 7.15. The summed E-state index contributed by atoms with van der Waals surface area (Å²) in [6.07, 6.45) is 2.40. The fourth-order valence-electron chi connectivity index (χ4n) is 2.26. The second-order valence-electron chi connectivity index (χ2n) is 5.32. The van der Waals surface area contributed by atoms with Crippen LogP contribution < -0.4 is 5.32 Å². The molecule has 22 heavy (non-hydrogen) atoms. The highest BCUT2D eigenvalue weighted by Gasteiger charge is 2.30. The van der Waals surface area contributed by atoms with Crippen LogP contribution in [-0.2, 0) is 11.2 Å². The summed E-state index contributed by atoms with van der Waals surface area (Å²) in [5, 5.41) is 3.32. The number of pyridine rings is 1. The van der Waals surface area contributed by atoms with Gasteiger partial charge < -0.3 is 5.32 Å². The Kier molecular flexibility index (Phi) is 4.24. The Morgan fingerprint density at radius 2 is 2.09 bits per heavy atom. The zero-order valence-corrected chi connectivity index (χ0v) is 13.4. The van der Waals surface area contributed by atoms with Gasteiger partial charge in [0.05, 0.1) is 5.25 Å². The lowest BCUT2D eigenvalue weighted by molar-refractivity contribution is -0.118. The smallest absolute Gasteiger partial charge is 0.239 e. The predicted octanol–water partition coefficient (Wildman–Crippen LogP) is 3.16. The van der Waals surface area contributed by atoms with Crippen LogP contribution in [0.1, 0.15) is 16.7 Å². The molecule has 0 bridgehead atoms. The lowest BCUT2D eigenvalue weighted by atomic mass is 10.0. The Balaban J connectivity index is 1.72. The van der Waals surface area contributed by atoms with Crippen molar-refractivity contribution in [1.82, 2.24) is 10.3 Å². The van der Waals surface area contributed by atoms with E-state index in [1.165, 1.54) is 28.5 Å². The van der Waals surface area contributed by atoms with E-state index < -0.39 is 0 Å². The van der Waals surface area contributed by atoms with Crippen molar-refractivity contribution >= 4 is 28.7 Å². The molecule has 0 aliphatic carbocycles. The van der Waals surface area contributed by atoms with Gasteiger partial charge in [0.1, 0.15) is 0 Å². The molecule has 3 rings (SSSR count). The molecule has 1 N–H and O–H groups in total. The van der Waals surface area contributed by atoms with Crippen LogP contribution in [0.3, 0.4) is 0 Å². The van der Waals surface area contributed by atoms with Crippen LogP contribution in [0.15, 0.2) is 47.6 Å². The number of thioether (sulfide) groups is 1. The first kappa shape index (κ1) is 14.8. The summed E-state index contributed by atoms with van der Waals surface area (Å²) >= 11 is 1.47. The Labute approximate surface area is 134 Å². The van der Waals surface area contributed by atoms with Crippen molar-refractivity contribution in [3.63, 3.8) is 0 Å². The Morgan fingerprint density at radius 3 is 2.82 bits per heavy atom. The van der Waals surface area contributed by atoms with Crippen LogP contribution in [0.4, 0.5) is 5.82 Å². The van der Waals surface area contributed by atoms with E-state index in [1.54, 1.807) is 6.20 Å². The number of benzene rings is 1. The molecule has 1 aliphatic rings. The van der Waals surface area contributed by atoms with E-state index >= 15 is 0 Å². The number of nitrogens with zero attached hydrogens (tertiary/aromatic N) is 2. The summed E-state index contributed by atoms with van der Waals surface area (Å²) < 4.78 is 0. The minimum atomic E-state index is -0.135. The molecule has 2 aromatic rings. The molecular formula is C17H17N3OS. The van der Waals surface area contributed by atoms with Crippen molar-refractivity contribution in [2.75, 3.05) is 0 Å². The summed E-state index contributed by atoms with van der Waals surface area (Å²) in [6, 6.07) is 11.9. The largest absolute Gasteiger partial charge is 0.304 e. The topological polar surface area (TPSA) is 54.4 Å². The average molecular weight is 311 g/mol. The SMILES string of the molecule is Cc1ccc(CC2SC(=Nc3ccccn3)NC2=O)cc1C. The van der Waals surface area contributed by atoms with Crippen molar-refractivity contribution in [1.29, 1.82) is 0 Å². The maximum Gasteiger partial charge on any atom is 0.239 e. The molecule has 0 saturated carbocycles. The third-order valence-corrected chi connectivity index (χ3v) is 4.72. The molecular weight excluding hydrogens is 294 g/mol. The van der Waals surface area contributed by atoms with Crippen LogP contribution in [0.5, 0.6) is 0 Å². The van der Waals surface area contributed by atoms with Crippen LogP contribution in [0.2, 0.25) is 0 Å². The maximum atomic E-state index is 12.1. The van der Waals surface area contributed by atoms with Gasteiger partial charge in [0, 0.05) is 6.20 Å². The molecule has 1 aromatic carbocycles. The van der Waals surface area contributed by atoms with E-state index in [4.69, 9.17) is 0 Å². The first-order valence-corrected chi connectivity index (χ1v) is 8.03. The Morgan fingerprint density at radius 1 is 1.23 bits per heavy atom. The van der Waals surface area contributed by atoms with E-state index in [-0.39, 0.29) is 11.2 Å². The van der Waals surface area contributed by atoms with Gasteiger partial charge in [0.15, 0.2) is 11.0 Å². The monoisotopic (exact) mass is 311 g/mol. The zero-order valence-electron chi connectivity index (χ0n) is 12.5. The molecule has 1 saturated heterocycles. The minimum Gasteiger partial charge on any atom is -0.304 e. The highest BCUT2D eigenvalue weighted by molar-refractivity contribution is 8.15. The number of hydrogen-bond acceptors (Lipinski definition) is 4. The summed E-state index contributed by atoms with van der Waals surface area (Å²) in [4.78, 5) is 20.6. The normalized spacial score (nSPS) is 19.5. The van der Waals surface area contributed by atoms with Crippen molar-refractivity contribution in [2.45, 2.75) is 25.5 Å². The first-order chi connectivity index (χ1) is 10.6. The number of amides is 1. The number of aromatic nitrogens is 1. The summed E-state index contributed by atoms with van der Waals surface area (Å²) in [7, 11) is 0. The van der Waals surface area contributed by atoms with Crippen molar-refractivity contribution in [3.05, 3.63) is 59.3 Å². The Bertz CT molecular complexity index is 728. The van der Waals surface area contributed by atoms with E-state index in [0.717, 1.165) is 0 Å². The van der Waals surface area contributed by atoms with Crippen molar-refractivity contribution < 1.29 is 4.79 Å². The molecule has 1 atom stereocenters. The highest BCUT2D eigenvalue weighted by atomic mass is 32.2. The maximum absolute atomic E-state index is 12.1. The molecule has 5 heteroatoms. The standard InChI is InChI=1S/C17H17N3OS/c1-11-6-7-13(9-12(11)2)10-14-16(21)20-17(22-14)19-15-5-3-4-8-18-15/h3-9,14H,10H2,1-2H3,(H,18,19,20,21). The highest BCUT2D eigenvalue weighted by Crippen LogP contribution is 2.25. The molecule has 112 valence electrons. The molecule has 0 radical (unpaired) electrons. The molecule has 4 nitrogen and oxygen atoms in total. The fraction of sp³-hybridized carbons (Fsp3) is 0.235. The van der Waals surface area contributed by atoms with Gasteiger partial charge >= 0.3 is 0 Å². The van der Waals surface area contributed by atoms with Crippen LogP contribution >= 0.6 is 11.8 Å². The van der Waals surface area contributed by atoms with Crippen molar-refractivity contribution in [2.24, 2.45) is 4.99 Å². The number of amidine groups is 1. The molecule has 1 aliphatic heterocycles. The lowest BCUT2D eigenvalue weighted by Crippen LogP contribution is -2.26. The van der Waals surface area contributed by atoms with E-state index in [0.29, 0.717) is 17.4 Å². The summed E-state index contributed by atoms with van der Waals surface area (Å²) in [5.74, 6) is 0.620. The molecule has 1 amide bonds. The molecule has 1 unspecified atom stereocenters. The molecule has 2 heterocycles. The number of carbonyl (C=O) groups is 1. The van der Waals surface area contributed by atoms with Crippen LogP contribution in [-0.4, -0.2) is 21.3 Å². The number of rotatable bonds is 3. The number of nitrogens with one attached hydrogen (secondary N) is 1. The quantitative estimate of drug-likeness (QED) is 0.947. The van der Waals surface area contributed by atoms with E-state index in [9.17, 15) is 4.79 Å². The van der Waals surface area contributed by atoms with E-state index in [2.05, 4.69) is 47.3 Å². The molecule has 0 spiro atoms. The van der Waals surface area contributed by atoms with Gasteiger partial charge in [-0.1, -0.05) is 36.0 Å². The average Bonchev–Trinajstić information content (AvgIpc) is 2.84. The molecule has 1 aromatic heterocycles. The second kappa shape index (κ2) is 6.32. The van der Waals surface area contributed by atoms with Gasteiger partial charge in [-0.3, -0.25) is 4.79 Å². The fourth-order valence-corrected chi connectivity index (χ4v) is 3.28. The number of carbonyl (C=O) groups excluding carboxylic acids is 1. The van der Waals surface area contributed by atoms with Gasteiger partial charge in [0.2, 0.25) is 5.91 Å². The number of aliphatic imine (C=N–C) groups is 1. The second-order valence-corrected chi connectivity index (χ2v) is 6.51. The van der Waals surface area contributed by atoms with Crippen LogP contribution in [0.25, 0.3) is 0 Å². The van der Waals surface area contributed by atoms with Gasteiger partial charge in [0.25, 0.3) is 0 Å². The zero-order chi connectivity index (χ0) is 15.5. The predicted molar refractivity (Wildman–Crippen MR) is 90.5 cm³/mol. The molecule has 1 fully saturated rings. The van der Waals surface area contributed by atoms with Crippen LogP contribution in [0, 0.1) is 13.8 Å². The van der Waals surface area contributed by atoms with Gasteiger partial charge in [-0.25, -0.2) is 9.98 Å². The summed E-state index contributed by atoms with van der Waals surface area (Å²) in [6.45, 7) is 4.18. The van der Waals surface area contributed by atoms with Gasteiger partial charge in [-0.05, 0) is 49.1 Å². The third-order valence-electron chi connectivity index (χ3n) is 3.63. The Hall–Kier alpha value is -2.14. The van der Waals surface area contributed by atoms with E-state index in [1.807, 2.05) is 18.2 Å². The lowest BCUT2D eigenvalue weighted by Gasteiger charge is -2.07. The number of aryl methyl sites for hydroxylation is 2. The van der Waals surface area contributed by atoms with Crippen molar-refractivity contribution in [3.8, 4) is 0 Å². The summed E-state index contributed by atoms with van der Waals surface area (Å²) in [5.41, 5.74) is 3.70. The van der Waals surface area contributed by atoms with Gasteiger partial charge in [-0.2, -0.15) is 0 Å².